The van der Waals surface area contributed by atoms with Crippen molar-refractivity contribution < 1.29 is 9.53 Å². The Hall–Kier alpha value is -2.05. The highest BCUT2D eigenvalue weighted by Gasteiger charge is 2.30. The number of hydrogen-bond donors (Lipinski definition) is 2. The second kappa shape index (κ2) is 8.36. The number of anilines is 3. The molecule has 1 fully saturated rings. The lowest BCUT2D eigenvalue weighted by Gasteiger charge is -2.34. The zero-order chi connectivity index (χ0) is 18.4. The summed E-state index contributed by atoms with van der Waals surface area (Å²) in [4.78, 5) is 23.1. The molecule has 1 aliphatic rings. The highest BCUT2D eigenvalue weighted by molar-refractivity contribution is 5.74. The molecule has 1 unspecified atom stereocenters. The van der Waals surface area contributed by atoms with Gasteiger partial charge < -0.3 is 20.7 Å². The number of piperidine rings is 1. The van der Waals surface area contributed by atoms with E-state index in [1.54, 1.807) is 0 Å². The fourth-order valence-electron chi connectivity index (χ4n) is 2.86. The number of hydrogen-bond acceptors (Lipinski definition) is 7. The molecule has 0 aromatic carbocycles. The van der Waals surface area contributed by atoms with Crippen LogP contribution in [-0.4, -0.2) is 41.2 Å². The van der Waals surface area contributed by atoms with Crippen LogP contribution in [0.3, 0.4) is 0 Å². The lowest BCUT2D eigenvalue weighted by atomic mass is 9.98. The summed E-state index contributed by atoms with van der Waals surface area (Å²) in [6, 6.07) is 1.91. The number of carbonyl (C=O) groups excluding carboxylic acids is 1. The molecule has 25 heavy (non-hydrogen) atoms. The number of nitrogens with zero attached hydrogens (tertiary/aromatic N) is 3. The van der Waals surface area contributed by atoms with Crippen molar-refractivity contribution in [1.29, 1.82) is 0 Å². The van der Waals surface area contributed by atoms with Gasteiger partial charge in [0.15, 0.2) is 0 Å². The van der Waals surface area contributed by atoms with E-state index < -0.39 is 5.60 Å². The molecule has 1 saturated heterocycles. The van der Waals surface area contributed by atoms with Crippen LogP contribution in [0.15, 0.2) is 6.07 Å². The van der Waals surface area contributed by atoms with Gasteiger partial charge in [-0.1, -0.05) is 13.3 Å². The van der Waals surface area contributed by atoms with Crippen LogP contribution >= 0.6 is 0 Å². The first kappa shape index (κ1) is 19.3. The third-order valence-corrected chi connectivity index (χ3v) is 4.05. The molecule has 0 bridgehead atoms. The van der Waals surface area contributed by atoms with Gasteiger partial charge >= 0.3 is 5.97 Å². The summed E-state index contributed by atoms with van der Waals surface area (Å²) in [7, 11) is 0. The first-order valence-corrected chi connectivity index (χ1v) is 9.14. The molecular weight excluding hydrogens is 318 g/mol. The molecule has 140 valence electrons. The molecule has 0 spiro atoms. The third-order valence-electron chi connectivity index (χ3n) is 4.05. The number of aromatic nitrogens is 2. The molecule has 1 aromatic heterocycles. The number of nitrogens with two attached hydrogens (primary N) is 1. The molecule has 0 aliphatic carbocycles. The fourth-order valence-corrected chi connectivity index (χ4v) is 2.86. The Bertz CT molecular complexity index is 585. The Morgan fingerprint density at radius 3 is 2.88 bits per heavy atom. The minimum Gasteiger partial charge on any atom is -0.460 e. The number of carbonyl (C=O) groups is 1. The predicted molar refractivity (Wildman–Crippen MR) is 101 cm³/mol. The van der Waals surface area contributed by atoms with Gasteiger partial charge in [0.2, 0.25) is 5.95 Å². The topological polar surface area (TPSA) is 93.4 Å². The molecule has 3 N–H and O–H groups in total. The number of rotatable bonds is 6. The normalized spacial score (nSPS) is 18.1. The quantitative estimate of drug-likeness (QED) is 0.602. The van der Waals surface area contributed by atoms with Crippen molar-refractivity contribution in [2.75, 3.05) is 35.6 Å². The summed E-state index contributed by atoms with van der Waals surface area (Å²) in [5, 5.41) is 3.28. The minimum atomic E-state index is -0.463. The standard InChI is InChI=1S/C18H31N5O2/c1-5-6-9-20-14-11-15(22-17(19)21-14)23-10-7-8-13(12-23)16(24)25-18(2,3)4/h11,13H,5-10,12H2,1-4H3,(H3,19,20,21,22). The Morgan fingerprint density at radius 2 is 2.20 bits per heavy atom. The Balaban J connectivity index is 2.06. The number of ether oxygens (including phenoxy) is 1. The smallest absolute Gasteiger partial charge is 0.311 e. The Labute approximate surface area is 150 Å². The molecule has 1 aliphatic heterocycles. The first-order chi connectivity index (χ1) is 11.8. The van der Waals surface area contributed by atoms with E-state index in [1.165, 1.54) is 0 Å². The van der Waals surface area contributed by atoms with Crippen LogP contribution in [0, 0.1) is 5.92 Å². The van der Waals surface area contributed by atoms with Gasteiger partial charge in [0, 0.05) is 25.7 Å². The van der Waals surface area contributed by atoms with E-state index >= 15 is 0 Å². The molecule has 0 amide bonds. The maximum atomic E-state index is 12.4. The van der Waals surface area contributed by atoms with Crippen LogP contribution in [0.1, 0.15) is 53.4 Å². The van der Waals surface area contributed by atoms with E-state index in [9.17, 15) is 4.79 Å². The van der Waals surface area contributed by atoms with E-state index in [0.29, 0.717) is 6.54 Å². The molecule has 7 nitrogen and oxygen atoms in total. The van der Waals surface area contributed by atoms with Crippen molar-refractivity contribution in [2.45, 2.75) is 59.0 Å². The summed E-state index contributed by atoms with van der Waals surface area (Å²) in [5.41, 5.74) is 5.40. The van der Waals surface area contributed by atoms with Crippen molar-refractivity contribution in [3.8, 4) is 0 Å². The van der Waals surface area contributed by atoms with Gasteiger partial charge in [0.1, 0.15) is 17.2 Å². The summed E-state index contributed by atoms with van der Waals surface area (Å²) in [5.74, 6) is 1.46. The number of nitrogen functional groups attached to an aromatic ring is 1. The summed E-state index contributed by atoms with van der Waals surface area (Å²) < 4.78 is 5.54. The Kier molecular flexibility index (Phi) is 6.45. The van der Waals surface area contributed by atoms with Gasteiger partial charge in [-0.3, -0.25) is 4.79 Å². The molecule has 1 atom stereocenters. The second-order valence-electron chi connectivity index (χ2n) is 7.57. The van der Waals surface area contributed by atoms with Gasteiger partial charge in [-0.15, -0.1) is 0 Å². The summed E-state index contributed by atoms with van der Waals surface area (Å²) in [6.45, 7) is 10.1. The largest absolute Gasteiger partial charge is 0.460 e. The van der Waals surface area contributed by atoms with Crippen LogP contribution in [0.25, 0.3) is 0 Å². The van der Waals surface area contributed by atoms with Crippen molar-refractivity contribution in [3.63, 3.8) is 0 Å². The van der Waals surface area contributed by atoms with Crippen molar-refractivity contribution >= 4 is 23.6 Å². The lowest BCUT2D eigenvalue weighted by molar-refractivity contribution is -0.160. The first-order valence-electron chi connectivity index (χ1n) is 9.14. The van der Waals surface area contributed by atoms with Crippen LogP contribution in [0.4, 0.5) is 17.6 Å². The third kappa shape index (κ3) is 6.07. The molecular formula is C18H31N5O2. The van der Waals surface area contributed by atoms with E-state index in [2.05, 4.69) is 27.1 Å². The number of unbranched alkanes of at least 4 members (excludes halogenated alkanes) is 1. The monoisotopic (exact) mass is 349 g/mol. The SMILES string of the molecule is CCCCNc1cc(N2CCCC(C(=O)OC(C)(C)C)C2)nc(N)n1. The zero-order valence-electron chi connectivity index (χ0n) is 15.8. The Morgan fingerprint density at radius 1 is 1.44 bits per heavy atom. The van der Waals surface area contributed by atoms with Crippen LogP contribution in [-0.2, 0) is 9.53 Å². The number of nitrogens with one attached hydrogen (secondary N) is 1. The lowest BCUT2D eigenvalue weighted by Crippen LogP contribution is -2.41. The summed E-state index contributed by atoms with van der Waals surface area (Å²) >= 11 is 0. The summed E-state index contributed by atoms with van der Waals surface area (Å²) in [6.07, 6.45) is 3.95. The van der Waals surface area contributed by atoms with Crippen LogP contribution in [0.2, 0.25) is 0 Å². The predicted octanol–water partition coefficient (Wildman–Crippen LogP) is 2.83. The van der Waals surface area contributed by atoms with Crippen molar-refractivity contribution in [1.82, 2.24) is 9.97 Å². The molecule has 7 heteroatoms. The van der Waals surface area contributed by atoms with E-state index in [0.717, 1.165) is 50.4 Å². The van der Waals surface area contributed by atoms with E-state index in [-0.39, 0.29) is 17.8 Å². The maximum Gasteiger partial charge on any atom is 0.311 e. The zero-order valence-corrected chi connectivity index (χ0v) is 15.8. The van der Waals surface area contributed by atoms with Crippen LogP contribution in [0.5, 0.6) is 0 Å². The van der Waals surface area contributed by atoms with Crippen molar-refractivity contribution in [3.05, 3.63) is 6.07 Å². The molecule has 0 radical (unpaired) electrons. The highest BCUT2D eigenvalue weighted by atomic mass is 16.6. The van der Waals surface area contributed by atoms with Gasteiger partial charge in [0.25, 0.3) is 0 Å². The molecule has 0 saturated carbocycles. The molecule has 1 aromatic rings. The van der Waals surface area contributed by atoms with E-state index in [4.69, 9.17) is 10.5 Å². The van der Waals surface area contributed by atoms with Crippen molar-refractivity contribution in [2.24, 2.45) is 5.92 Å². The number of esters is 1. The van der Waals surface area contributed by atoms with E-state index in [1.807, 2.05) is 26.8 Å². The molecule has 2 heterocycles. The fraction of sp³-hybridized carbons (Fsp3) is 0.722. The average Bonchev–Trinajstić information content (AvgIpc) is 2.53. The van der Waals surface area contributed by atoms with Gasteiger partial charge in [0.05, 0.1) is 5.92 Å². The maximum absolute atomic E-state index is 12.4. The second-order valence-corrected chi connectivity index (χ2v) is 7.57. The highest BCUT2D eigenvalue weighted by Crippen LogP contribution is 2.26. The van der Waals surface area contributed by atoms with Gasteiger partial charge in [-0.2, -0.15) is 9.97 Å². The minimum absolute atomic E-state index is 0.138. The molecule has 2 rings (SSSR count). The van der Waals surface area contributed by atoms with Gasteiger partial charge in [-0.05, 0) is 40.0 Å². The van der Waals surface area contributed by atoms with Crippen LogP contribution < -0.4 is 16.0 Å². The van der Waals surface area contributed by atoms with Gasteiger partial charge in [-0.25, -0.2) is 0 Å². The average molecular weight is 349 g/mol.